The number of ketones is 1. The van der Waals surface area contributed by atoms with E-state index in [1.165, 1.54) is 24.0 Å². The van der Waals surface area contributed by atoms with Crippen molar-refractivity contribution in [2.75, 3.05) is 0 Å². The Morgan fingerprint density at radius 3 is 2.70 bits per heavy atom. The van der Waals surface area contributed by atoms with Crippen molar-refractivity contribution in [1.29, 1.82) is 0 Å². The summed E-state index contributed by atoms with van der Waals surface area (Å²) < 4.78 is 0. The van der Waals surface area contributed by atoms with Crippen LogP contribution in [-0.4, -0.2) is 5.78 Å². The Labute approximate surface area is 140 Å². The second kappa shape index (κ2) is 7.77. The van der Waals surface area contributed by atoms with E-state index in [1.54, 1.807) is 5.57 Å². The molecule has 1 aromatic rings. The largest absolute Gasteiger partial charge is 0.299 e. The molecule has 2 aliphatic carbocycles. The average molecular weight is 308 g/mol. The van der Waals surface area contributed by atoms with E-state index >= 15 is 0 Å². The minimum absolute atomic E-state index is 0.291. The Bertz CT molecular complexity index is 594. The van der Waals surface area contributed by atoms with Crippen molar-refractivity contribution >= 4 is 5.78 Å². The summed E-state index contributed by atoms with van der Waals surface area (Å²) in [5.74, 6) is 1.41. The molecule has 3 rings (SSSR count). The molecule has 0 radical (unpaired) electrons. The van der Waals surface area contributed by atoms with Gasteiger partial charge >= 0.3 is 0 Å². The van der Waals surface area contributed by atoms with Crippen LogP contribution in [0.4, 0.5) is 0 Å². The van der Waals surface area contributed by atoms with Crippen molar-refractivity contribution in [1.82, 2.24) is 0 Å². The number of benzene rings is 1. The van der Waals surface area contributed by atoms with Gasteiger partial charge in [0, 0.05) is 18.3 Å². The molecule has 2 aliphatic rings. The number of allylic oxidation sites excluding steroid dienone is 4. The first kappa shape index (κ1) is 16.2. The third kappa shape index (κ3) is 4.02. The minimum atomic E-state index is 0.291. The van der Waals surface area contributed by atoms with E-state index in [1.807, 2.05) is 0 Å². The van der Waals surface area contributed by atoms with Crippen LogP contribution in [0.25, 0.3) is 0 Å². The van der Waals surface area contributed by atoms with Gasteiger partial charge in [-0.15, -0.1) is 0 Å². The van der Waals surface area contributed by atoms with Crippen LogP contribution >= 0.6 is 0 Å². The van der Waals surface area contributed by atoms with E-state index in [2.05, 4.69) is 49.4 Å². The van der Waals surface area contributed by atoms with Crippen molar-refractivity contribution in [3.63, 3.8) is 0 Å². The highest BCUT2D eigenvalue weighted by atomic mass is 16.1. The predicted molar refractivity (Wildman–Crippen MR) is 96.3 cm³/mol. The summed E-state index contributed by atoms with van der Waals surface area (Å²) in [7, 11) is 0. The smallest absolute Gasteiger partial charge is 0.136 e. The van der Waals surface area contributed by atoms with Crippen molar-refractivity contribution in [2.45, 2.75) is 58.3 Å². The third-order valence-corrected chi connectivity index (χ3v) is 5.43. The Balaban J connectivity index is 1.54. The fourth-order valence-corrected chi connectivity index (χ4v) is 4.06. The molecule has 0 aromatic heterocycles. The van der Waals surface area contributed by atoms with E-state index in [9.17, 15) is 4.79 Å². The van der Waals surface area contributed by atoms with Crippen molar-refractivity contribution in [3.8, 4) is 0 Å². The zero-order valence-electron chi connectivity index (χ0n) is 14.3. The summed E-state index contributed by atoms with van der Waals surface area (Å²) in [5.41, 5.74) is 4.45. The first-order chi connectivity index (χ1) is 11.3. The Morgan fingerprint density at radius 2 is 1.91 bits per heavy atom. The van der Waals surface area contributed by atoms with Gasteiger partial charge in [0.2, 0.25) is 0 Å². The molecule has 2 atom stereocenters. The van der Waals surface area contributed by atoms with Crippen LogP contribution in [0.15, 0.2) is 53.6 Å². The molecule has 122 valence electrons. The summed E-state index contributed by atoms with van der Waals surface area (Å²) in [5, 5.41) is 0. The van der Waals surface area contributed by atoms with Gasteiger partial charge in [0.05, 0.1) is 0 Å². The molecule has 2 unspecified atom stereocenters. The summed E-state index contributed by atoms with van der Waals surface area (Å²) >= 11 is 0. The molecule has 0 N–H and O–H groups in total. The predicted octanol–water partition coefficient (Wildman–Crippen LogP) is 5.66. The molecule has 0 saturated heterocycles. The minimum Gasteiger partial charge on any atom is -0.299 e. The van der Waals surface area contributed by atoms with E-state index < -0.39 is 0 Å². The molecule has 1 aromatic carbocycles. The highest BCUT2D eigenvalue weighted by Crippen LogP contribution is 2.42. The van der Waals surface area contributed by atoms with Gasteiger partial charge in [0.1, 0.15) is 5.78 Å². The van der Waals surface area contributed by atoms with Crippen LogP contribution in [-0.2, 0) is 11.2 Å². The second-order valence-electron chi connectivity index (χ2n) is 7.10. The van der Waals surface area contributed by atoms with E-state index in [4.69, 9.17) is 0 Å². The average Bonchev–Trinajstić information content (AvgIpc) is 2.98. The second-order valence-corrected chi connectivity index (χ2v) is 7.10. The Morgan fingerprint density at radius 1 is 1.09 bits per heavy atom. The standard InChI is InChI=1S/C22H28O/c1-2-3-5-10-22(23)20-13-14-21-18(11-12-19(21)16-20)15-17-8-6-4-7-9-17/h4,6-9,11-12,20-21H,2-3,5,10,13-16H2,1H3. The van der Waals surface area contributed by atoms with Crippen LogP contribution in [0.5, 0.6) is 0 Å². The summed E-state index contributed by atoms with van der Waals surface area (Å²) in [6.07, 6.45) is 13.2. The summed E-state index contributed by atoms with van der Waals surface area (Å²) in [6, 6.07) is 10.7. The molecule has 0 spiro atoms. The molecule has 23 heavy (non-hydrogen) atoms. The molecule has 1 saturated carbocycles. The molecule has 0 heterocycles. The zero-order chi connectivity index (χ0) is 16.1. The van der Waals surface area contributed by atoms with Gasteiger partial charge in [0.15, 0.2) is 0 Å². The van der Waals surface area contributed by atoms with Gasteiger partial charge in [-0.3, -0.25) is 4.79 Å². The summed E-state index contributed by atoms with van der Waals surface area (Å²) in [4.78, 5) is 12.4. The third-order valence-electron chi connectivity index (χ3n) is 5.43. The lowest BCUT2D eigenvalue weighted by Gasteiger charge is -2.30. The number of Topliss-reactive ketones (excluding diaryl/α,β-unsaturated/α-hetero) is 1. The maximum absolute atomic E-state index is 12.4. The van der Waals surface area contributed by atoms with Gasteiger partial charge in [-0.25, -0.2) is 0 Å². The van der Waals surface area contributed by atoms with E-state index in [-0.39, 0.29) is 0 Å². The molecule has 1 nitrogen and oxygen atoms in total. The fraction of sp³-hybridized carbons (Fsp3) is 0.500. The van der Waals surface area contributed by atoms with Crippen LogP contribution in [0.3, 0.4) is 0 Å². The molecule has 1 heteroatoms. The van der Waals surface area contributed by atoms with Crippen LogP contribution in [0, 0.1) is 11.8 Å². The lowest BCUT2D eigenvalue weighted by atomic mass is 9.74. The fourth-order valence-electron chi connectivity index (χ4n) is 4.06. The van der Waals surface area contributed by atoms with Crippen LogP contribution < -0.4 is 0 Å². The van der Waals surface area contributed by atoms with Gasteiger partial charge in [0.25, 0.3) is 0 Å². The van der Waals surface area contributed by atoms with E-state index in [0.717, 1.165) is 38.5 Å². The Hall–Kier alpha value is -1.63. The zero-order valence-corrected chi connectivity index (χ0v) is 14.3. The molecule has 1 fully saturated rings. The number of carbonyl (C=O) groups is 1. The maximum Gasteiger partial charge on any atom is 0.136 e. The van der Waals surface area contributed by atoms with Gasteiger partial charge in [-0.2, -0.15) is 0 Å². The topological polar surface area (TPSA) is 17.1 Å². The highest BCUT2D eigenvalue weighted by molar-refractivity contribution is 5.81. The highest BCUT2D eigenvalue weighted by Gasteiger charge is 2.32. The monoisotopic (exact) mass is 308 g/mol. The lowest BCUT2D eigenvalue weighted by molar-refractivity contribution is -0.123. The molecule has 0 bridgehead atoms. The number of hydrogen-bond acceptors (Lipinski definition) is 1. The molecular weight excluding hydrogens is 280 g/mol. The number of unbranched alkanes of at least 4 members (excludes halogenated alkanes) is 2. The van der Waals surface area contributed by atoms with E-state index in [0.29, 0.717) is 17.6 Å². The first-order valence-corrected chi connectivity index (χ1v) is 9.24. The number of hydrogen-bond donors (Lipinski definition) is 0. The van der Waals surface area contributed by atoms with Crippen LogP contribution in [0.2, 0.25) is 0 Å². The van der Waals surface area contributed by atoms with Gasteiger partial charge in [-0.1, -0.05) is 73.4 Å². The van der Waals surface area contributed by atoms with Crippen molar-refractivity contribution in [2.24, 2.45) is 11.8 Å². The SMILES string of the molecule is CCCCCC(=O)C1CCC2C(Cc3ccccc3)=CC=C2C1. The number of carbonyl (C=O) groups excluding carboxylic acids is 1. The number of fused-ring (bicyclic) bond motifs is 1. The van der Waals surface area contributed by atoms with Gasteiger partial charge < -0.3 is 0 Å². The first-order valence-electron chi connectivity index (χ1n) is 9.24. The Kier molecular flexibility index (Phi) is 5.48. The molecule has 0 aliphatic heterocycles. The normalized spacial score (nSPS) is 23.2. The van der Waals surface area contributed by atoms with Gasteiger partial charge in [-0.05, 0) is 37.7 Å². The quantitative estimate of drug-likeness (QED) is 0.594. The van der Waals surface area contributed by atoms with Crippen molar-refractivity contribution in [3.05, 3.63) is 59.2 Å². The number of rotatable bonds is 7. The molecule has 0 amide bonds. The lowest BCUT2D eigenvalue weighted by Crippen LogP contribution is -2.23. The van der Waals surface area contributed by atoms with Crippen LogP contribution in [0.1, 0.15) is 57.4 Å². The molecular formula is C22H28O. The summed E-state index contributed by atoms with van der Waals surface area (Å²) in [6.45, 7) is 2.19. The maximum atomic E-state index is 12.4. The van der Waals surface area contributed by atoms with Crippen molar-refractivity contribution < 1.29 is 4.79 Å².